The van der Waals surface area contributed by atoms with Crippen molar-refractivity contribution >= 4 is 10.7 Å². The van der Waals surface area contributed by atoms with Gasteiger partial charge in [-0.2, -0.15) is 5.25 Å². The van der Waals surface area contributed by atoms with Crippen LogP contribution in [0.2, 0.25) is 0 Å². The molecular formula is C3H5O2SW-. The van der Waals surface area contributed by atoms with Gasteiger partial charge in [0, 0.05) is 21.1 Å². The molecular weight excluding hydrogens is 284 g/mol. The first-order valence-electron chi connectivity index (χ1n) is 0.826. The van der Waals surface area contributed by atoms with Gasteiger partial charge >= 0.3 is 0 Å². The molecule has 0 unspecified atom stereocenters. The Kier molecular flexibility index (Phi) is 21.3. The van der Waals surface area contributed by atoms with Crippen LogP contribution in [0.3, 0.4) is 0 Å². The SMILES string of the molecule is C.C#C[S-](=O)=O.[W]. The van der Waals surface area contributed by atoms with Gasteiger partial charge in [0.25, 0.3) is 0 Å². The van der Waals surface area contributed by atoms with Crippen LogP contribution in [-0.2, 0) is 40.2 Å². The normalized spacial score (nSPS) is 5.14. The second-order valence-electron chi connectivity index (χ2n) is 0.353. The Hall–Kier alpha value is 0.198. The molecule has 0 saturated carbocycles. The minimum absolute atomic E-state index is 0. The van der Waals surface area contributed by atoms with E-state index in [1.165, 1.54) is 5.25 Å². The third-order valence-electron chi connectivity index (χ3n) is 0.0962. The largest absolute Gasteiger partial charge is 0.412 e. The quantitative estimate of drug-likeness (QED) is 0.481. The van der Waals surface area contributed by atoms with Gasteiger partial charge < -0.3 is 8.42 Å². The van der Waals surface area contributed by atoms with E-state index in [1.807, 2.05) is 0 Å². The molecule has 0 bridgehead atoms. The van der Waals surface area contributed by atoms with E-state index in [2.05, 4.69) is 6.42 Å². The topological polar surface area (TPSA) is 34.1 Å². The molecule has 0 aromatic rings. The standard InChI is InChI=1S/C2HO2S.CH4.W/c1-2-5(3)4;;/h1H;1H4;/q-1;;. The van der Waals surface area contributed by atoms with E-state index in [-0.39, 0.29) is 28.5 Å². The predicted molar refractivity (Wildman–Crippen MR) is 24.3 cm³/mol. The zero-order valence-electron chi connectivity index (χ0n) is 2.71. The summed E-state index contributed by atoms with van der Waals surface area (Å²) in [4.78, 5) is 0. The fourth-order valence-corrected chi connectivity index (χ4v) is 0. The van der Waals surface area contributed by atoms with Crippen molar-refractivity contribution in [3.05, 3.63) is 0 Å². The van der Waals surface area contributed by atoms with Gasteiger partial charge in [-0.05, 0) is 10.7 Å². The second kappa shape index (κ2) is 9.50. The van der Waals surface area contributed by atoms with E-state index in [4.69, 9.17) is 8.42 Å². The van der Waals surface area contributed by atoms with Gasteiger partial charge in [0.15, 0.2) is 0 Å². The second-order valence-corrected chi connectivity index (χ2v) is 1.06. The van der Waals surface area contributed by atoms with E-state index >= 15 is 0 Å². The van der Waals surface area contributed by atoms with Gasteiger partial charge in [-0.25, -0.2) is 0 Å². The molecule has 0 aliphatic carbocycles. The number of hydrogen-bond donors (Lipinski definition) is 0. The van der Waals surface area contributed by atoms with E-state index in [9.17, 15) is 0 Å². The van der Waals surface area contributed by atoms with Crippen LogP contribution in [0, 0.1) is 11.7 Å². The molecule has 0 spiro atoms. The Balaban J connectivity index is -0.0000000800. The molecule has 0 aromatic carbocycles. The summed E-state index contributed by atoms with van der Waals surface area (Å²) in [6, 6.07) is 0. The van der Waals surface area contributed by atoms with Crippen LogP contribution in [0.5, 0.6) is 0 Å². The molecule has 0 radical (unpaired) electrons. The summed E-state index contributed by atoms with van der Waals surface area (Å²) in [6.45, 7) is 0. The zero-order chi connectivity index (χ0) is 4.28. The molecule has 0 aliphatic rings. The summed E-state index contributed by atoms with van der Waals surface area (Å²) in [5.74, 6) is 0. The summed E-state index contributed by atoms with van der Waals surface area (Å²) < 4.78 is 18.3. The average molecular weight is 289 g/mol. The van der Waals surface area contributed by atoms with Crippen LogP contribution in [0.1, 0.15) is 7.43 Å². The first-order chi connectivity index (χ1) is 2.27. The summed E-state index contributed by atoms with van der Waals surface area (Å²) in [5.41, 5.74) is 0. The molecule has 2 nitrogen and oxygen atoms in total. The Bertz CT molecular complexity index is 113. The Morgan fingerprint density at radius 2 is 1.57 bits per heavy atom. The molecule has 0 atom stereocenters. The fraction of sp³-hybridized carbons (Fsp3) is 0.333. The molecule has 0 saturated heterocycles. The summed E-state index contributed by atoms with van der Waals surface area (Å²) in [5, 5.41) is 1.44. The third kappa shape index (κ3) is 22.6. The van der Waals surface area contributed by atoms with Crippen LogP contribution in [0.25, 0.3) is 0 Å². The first-order valence-corrected chi connectivity index (χ1v) is 1.90. The van der Waals surface area contributed by atoms with Crippen LogP contribution in [0.4, 0.5) is 0 Å². The number of terminal acetylenes is 1. The van der Waals surface area contributed by atoms with Gasteiger partial charge in [-0.15, -0.1) is 6.42 Å². The van der Waals surface area contributed by atoms with Gasteiger partial charge in [-0.3, -0.25) is 0 Å². The van der Waals surface area contributed by atoms with Crippen molar-refractivity contribution in [1.82, 2.24) is 0 Å². The number of hydrogen-bond acceptors (Lipinski definition) is 3. The van der Waals surface area contributed by atoms with Gasteiger partial charge in [0.1, 0.15) is 0 Å². The minimum atomic E-state index is -2.29. The molecule has 7 heavy (non-hydrogen) atoms. The molecule has 0 N–H and O–H groups in total. The number of rotatable bonds is 0. The van der Waals surface area contributed by atoms with E-state index in [1.54, 1.807) is 0 Å². The monoisotopic (exact) mass is 289 g/mol. The van der Waals surface area contributed by atoms with E-state index < -0.39 is 10.7 Å². The Labute approximate surface area is 59.5 Å². The molecule has 42 valence electrons. The predicted octanol–water partition coefficient (Wildman–Crippen LogP) is 0.520. The van der Waals surface area contributed by atoms with E-state index in [0.29, 0.717) is 0 Å². The minimum Gasteiger partial charge on any atom is -0.412 e. The molecule has 0 aromatic heterocycles. The summed E-state index contributed by atoms with van der Waals surface area (Å²) in [6.07, 6.45) is 4.31. The van der Waals surface area contributed by atoms with E-state index in [0.717, 1.165) is 0 Å². The maximum absolute atomic E-state index is 9.13. The maximum atomic E-state index is 9.13. The van der Waals surface area contributed by atoms with Crippen molar-refractivity contribution < 1.29 is 29.5 Å². The molecule has 0 fully saturated rings. The van der Waals surface area contributed by atoms with Crippen LogP contribution in [0.15, 0.2) is 0 Å². The zero-order valence-corrected chi connectivity index (χ0v) is 6.46. The molecule has 0 heterocycles. The Morgan fingerprint density at radius 1 is 1.43 bits per heavy atom. The first kappa shape index (κ1) is 15.7. The molecule has 0 amide bonds. The van der Waals surface area contributed by atoms with Crippen molar-refractivity contribution in [3.8, 4) is 11.7 Å². The van der Waals surface area contributed by atoms with Gasteiger partial charge in [-0.1, -0.05) is 7.43 Å². The van der Waals surface area contributed by atoms with Crippen molar-refractivity contribution in [1.29, 1.82) is 0 Å². The summed E-state index contributed by atoms with van der Waals surface area (Å²) in [7, 11) is -2.29. The van der Waals surface area contributed by atoms with Crippen molar-refractivity contribution in [2.75, 3.05) is 0 Å². The van der Waals surface area contributed by atoms with Gasteiger partial charge in [0.05, 0.1) is 0 Å². The van der Waals surface area contributed by atoms with Crippen LogP contribution < -0.4 is 0 Å². The third-order valence-corrected chi connectivity index (χ3v) is 0.289. The molecule has 0 rings (SSSR count). The summed E-state index contributed by atoms with van der Waals surface area (Å²) >= 11 is 0. The molecule has 0 aliphatic heterocycles. The van der Waals surface area contributed by atoms with Crippen molar-refractivity contribution in [2.45, 2.75) is 7.43 Å². The fourth-order valence-electron chi connectivity index (χ4n) is 0. The Morgan fingerprint density at radius 3 is 1.57 bits per heavy atom. The van der Waals surface area contributed by atoms with Gasteiger partial charge in [0.2, 0.25) is 0 Å². The molecule has 4 heteroatoms. The smallest absolute Gasteiger partial charge is 0 e. The van der Waals surface area contributed by atoms with Crippen LogP contribution >= 0.6 is 0 Å². The van der Waals surface area contributed by atoms with Crippen molar-refractivity contribution in [2.24, 2.45) is 0 Å². The maximum Gasteiger partial charge on any atom is 0 e. The van der Waals surface area contributed by atoms with Crippen LogP contribution in [-0.4, -0.2) is 0 Å². The average Bonchev–Trinajstić information content (AvgIpc) is 1.38. The van der Waals surface area contributed by atoms with Crippen molar-refractivity contribution in [3.63, 3.8) is 0 Å².